The van der Waals surface area contributed by atoms with Crippen molar-refractivity contribution in [3.8, 4) is 11.5 Å². The first-order valence-corrected chi connectivity index (χ1v) is 9.76. The van der Waals surface area contributed by atoms with E-state index in [0.717, 1.165) is 0 Å². The van der Waals surface area contributed by atoms with Crippen LogP contribution < -0.4 is 4.74 Å². The molecule has 0 amide bonds. The number of carbonyl (C=O) groups is 2. The minimum absolute atomic E-state index is 0.0727. The van der Waals surface area contributed by atoms with Gasteiger partial charge < -0.3 is 9.47 Å². The Balaban J connectivity index is 1.65. The van der Waals surface area contributed by atoms with Gasteiger partial charge in [-0.3, -0.25) is 14.9 Å². The quantitative estimate of drug-likeness (QED) is 0.168. The van der Waals surface area contributed by atoms with Gasteiger partial charge in [-0.25, -0.2) is 4.79 Å². The number of Topliss-reactive ketones (excluding diaryl/α,β-unsaturated/α-hetero) is 1. The van der Waals surface area contributed by atoms with Crippen LogP contribution in [-0.4, -0.2) is 23.3 Å². The molecule has 158 valence electrons. The molecule has 0 bridgehead atoms. The Morgan fingerprint density at radius 1 is 0.871 bits per heavy atom. The van der Waals surface area contributed by atoms with Gasteiger partial charge in [0, 0.05) is 11.6 Å². The van der Waals surface area contributed by atoms with E-state index >= 15 is 0 Å². The summed E-state index contributed by atoms with van der Waals surface area (Å²) in [5.41, 5.74) is 0.122. The normalized spacial score (nSPS) is 10.4. The maximum absolute atomic E-state index is 12.3. The number of nitro benzene ring substituents is 1. The maximum atomic E-state index is 12.3. The second-order valence-corrected chi connectivity index (χ2v) is 7.32. The van der Waals surface area contributed by atoms with Gasteiger partial charge in [-0.05, 0) is 48.5 Å². The van der Waals surface area contributed by atoms with Gasteiger partial charge in [0.1, 0.15) is 5.75 Å². The van der Waals surface area contributed by atoms with E-state index in [1.54, 1.807) is 0 Å². The Labute approximate surface area is 191 Å². The van der Waals surface area contributed by atoms with Crippen molar-refractivity contribution in [1.29, 1.82) is 0 Å². The number of esters is 1. The van der Waals surface area contributed by atoms with Gasteiger partial charge in [-0.1, -0.05) is 40.9 Å². The number of nitrogens with zero attached hydrogens (tertiary/aromatic N) is 1. The number of ketones is 1. The molecule has 0 saturated carbocycles. The number of halogens is 3. The molecule has 0 aliphatic rings. The van der Waals surface area contributed by atoms with Gasteiger partial charge in [0.15, 0.2) is 12.4 Å². The zero-order chi connectivity index (χ0) is 22.5. The maximum Gasteiger partial charge on any atom is 0.338 e. The largest absolute Gasteiger partial charge is 0.454 e. The molecule has 0 spiro atoms. The summed E-state index contributed by atoms with van der Waals surface area (Å²) in [5, 5.41) is 11.7. The fourth-order valence-electron chi connectivity index (χ4n) is 2.49. The lowest BCUT2D eigenvalue weighted by molar-refractivity contribution is -0.385. The summed E-state index contributed by atoms with van der Waals surface area (Å²) in [5.74, 6) is -1.05. The molecule has 0 fully saturated rings. The second kappa shape index (κ2) is 9.78. The SMILES string of the molecule is O=C(COC(=O)c1ccc(Cl)c(Cl)c1)c1ccc(Oc2c(Cl)cccc2[N+](=O)[O-])cc1. The summed E-state index contributed by atoms with van der Waals surface area (Å²) >= 11 is 17.7. The first kappa shape index (κ1) is 22.6. The highest BCUT2D eigenvalue weighted by atomic mass is 35.5. The summed E-state index contributed by atoms with van der Waals surface area (Å²) in [4.78, 5) is 34.9. The van der Waals surface area contributed by atoms with Gasteiger partial charge in [0.2, 0.25) is 5.75 Å². The summed E-state index contributed by atoms with van der Waals surface area (Å²) in [6, 6.07) is 14.2. The van der Waals surface area contributed by atoms with Crippen molar-refractivity contribution in [2.75, 3.05) is 6.61 Å². The average molecular weight is 481 g/mol. The van der Waals surface area contributed by atoms with Gasteiger partial charge >= 0.3 is 11.7 Å². The smallest absolute Gasteiger partial charge is 0.338 e. The van der Waals surface area contributed by atoms with Crippen LogP contribution in [0.2, 0.25) is 15.1 Å². The molecule has 0 N–H and O–H groups in total. The lowest BCUT2D eigenvalue weighted by Gasteiger charge is -2.09. The van der Waals surface area contributed by atoms with Crippen molar-refractivity contribution in [3.05, 3.63) is 97.0 Å². The zero-order valence-electron chi connectivity index (χ0n) is 15.5. The van der Waals surface area contributed by atoms with Crippen molar-refractivity contribution >= 4 is 52.2 Å². The molecule has 7 nitrogen and oxygen atoms in total. The van der Waals surface area contributed by atoms with Crippen LogP contribution in [0.25, 0.3) is 0 Å². The summed E-state index contributed by atoms with van der Waals surface area (Å²) in [7, 11) is 0. The van der Waals surface area contributed by atoms with Crippen LogP contribution in [0.5, 0.6) is 11.5 Å². The predicted octanol–water partition coefficient (Wildman–Crippen LogP) is 6.39. The molecule has 10 heteroatoms. The molecule has 0 unspecified atom stereocenters. The second-order valence-electron chi connectivity index (χ2n) is 6.10. The van der Waals surface area contributed by atoms with E-state index in [-0.39, 0.29) is 38.4 Å². The van der Waals surface area contributed by atoms with E-state index < -0.39 is 23.3 Å². The zero-order valence-corrected chi connectivity index (χ0v) is 17.8. The molecular weight excluding hydrogens is 469 g/mol. The van der Waals surface area contributed by atoms with E-state index in [9.17, 15) is 19.7 Å². The van der Waals surface area contributed by atoms with Crippen molar-refractivity contribution in [3.63, 3.8) is 0 Å². The first-order chi connectivity index (χ1) is 14.8. The summed E-state index contributed by atoms with van der Waals surface area (Å²) < 4.78 is 10.5. The standard InChI is InChI=1S/C21H12Cl3NO6/c22-15-9-6-13(10-17(15)24)21(27)30-11-19(26)12-4-7-14(8-5-12)31-20-16(23)2-1-3-18(20)25(28)29/h1-10H,11H2. The molecule has 0 saturated heterocycles. The van der Waals surface area contributed by atoms with Gasteiger partial charge in [-0.15, -0.1) is 0 Å². The van der Waals surface area contributed by atoms with Crippen LogP contribution in [0.4, 0.5) is 5.69 Å². The number of nitro groups is 1. The first-order valence-electron chi connectivity index (χ1n) is 8.62. The third-order valence-corrected chi connectivity index (χ3v) is 5.07. The van der Waals surface area contributed by atoms with Crippen LogP contribution in [-0.2, 0) is 4.74 Å². The van der Waals surface area contributed by atoms with Crippen LogP contribution in [0.3, 0.4) is 0 Å². The molecule has 0 radical (unpaired) electrons. The number of ether oxygens (including phenoxy) is 2. The summed E-state index contributed by atoms with van der Waals surface area (Å²) in [6.45, 7) is -0.491. The Morgan fingerprint density at radius 2 is 1.55 bits per heavy atom. The highest BCUT2D eigenvalue weighted by molar-refractivity contribution is 6.42. The van der Waals surface area contributed by atoms with E-state index in [4.69, 9.17) is 44.3 Å². The third-order valence-electron chi connectivity index (χ3n) is 4.03. The third kappa shape index (κ3) is 5.52. The Bertz CT molecular complexity index is 1160. The molecule has 0 aromatic heterocycles. The molecular formula is C21H12Cl3NO6. The van der Waals surface area contributed by atoms with E-state index in [0.29, 0.717) is 5.02 Å². The highest BCUT2D eigenvalue weighted by Crippen LogP contribution is 2.37. The van der Waals surface area contributed by atoms with Crippen molar-refractivity contribution < 1.29 is 24.0 Å². The van der Waals surface area contributed by atoms with Crippen molar-refractivity contribution in [1.82, 2.24) is 0 Å². The average Bonchev–Trinajstić information content (AvgIpc) is 2.75. The Kier molecular flexibility index (Phi) is 7.12. The fourth-order valence-corrected chi connectivity index (χ4v) is 3.00. The van der Waals surface area contributed by atoms with Crippen LogP contribution in [0, 0.1) is 10.1 Å². The van der Waals surface area contributed by atoms with Gasteiger partial charge in [0.25, 0.3) is 0 Å². The van der Waals surface area contributed by atoms with Gasteiger partial charge in [-0.2, -0.15) is 0 Å². The van der Waals surface area contributed by atoms with Crippen LogP contribution >= 0.6 is 34.8 Å². The minimum Gasteiger partial charge on any atom is -0.454 e. The minimum atomic E-state index is -0.724. The molecule has 3 aromatic carbocycles. The molecule has 3 aromatic rings. The number of rotatable bonds is 7. The highest BCUT2D eigenvalue weighted by Gasteiger charge is 2.19. The topological polar surface area (TPSA) is 95.7 Å². The Hall–Kier alpha value is -3.13. The number of carbonyl (C=O) groups excluding carboxylic acids is 2. The van der Waals surface area contributed by atoms with E-state index in [1.165, 1.54) is 60.7 Å². The molecule has 0 aliphatic heterocycles. The van der Waals surface area contributed by atoms with Crippen molar-refractivity contribution in [2.45, 2.75) is 0 Å². The lowest BCUT2D eigenvalue weighted by Crippen LogP contribution is -2.14. The van der Waals surface area contributed by atoms with E-state index in [1.807, 2.05) is 0 Å². The monoisotopic (exact) mass is 479 g/mol. The number of para-hydroxylation sites is 1. The fraction of sp³-hybridized carbons (Fsp3) is 0.0476. The van der Waals surface area contributed by atoms with Crippen molar-refractivity contribution in [2.24, 2.45) is 0 Å². The van der Waals surface area contributed by atoms with Crippen LogP contribution in [0.15, 0.2) is 60.7 Å². The number of hydrogen-bond acceptors (Lipinski definition) is 6. The molecule has 0 heterocycles. The molecule has 0 aliphatic carbocycles. The summed E-state index contributed by atoms with van der Waals surface area (Å²) in [6.07, 6.45) is 0. The predicted molar refractivity (Wildman–Crippen MR) is 116 cm³/mol. The molecule has 3 rings (SSSR count). The number of benzene rings is 3. The lowest BCUT2D eigenvalue weighted by atomic mass is 10.1. The Morgan fingerprint density at radius 3 is 2.19 bits per heavy atom. The molecule has 31 heavy (non-hydrogen) atoms. The number of hydrogen-bond donors (Lipinski definition) is 0. The van der Waals surface area contributed by atoms with E-state index in [2.05, 4.69) is 0 Å². The molecule has 0 atom stereocenters. The van der Waals surface area contributed by atoms with Gasteiger partial charge in [0.05, 0.1) is 25.6 Å². The van der Waals surface area contributed by atoms with Crippen LogP contribution in [0.1, 0.15) is 20.7 Å².